The normalized spacial score (nSPS) is 12.5. The van der Waals surface area contributed by atoms with E-state index in [1.807, 2.05) is 50.2 Å². The summed E-state index contributed by atoms with van der Waals surface area (Å²) in [6.07, 6.45) is 2.78. The molecule has 0 aromatic heterocycles. The topological polar surface area (TPSA) is 29.5 Å². The van der Waals surface area contributed by atoms with Crippen LogP contribution in [0.1, 0.15) is 12.5 Å². The lowest BCUT2D eigenvalue weighted by Gasteiger charge is -2.12. The van der Waals surface area contributed by atoms with Gasteiger partial charge in [-0.2, -0.15) is 0 Å². The first-order valence-corrected chi connectivity index (χ1v) is 5.61. The summed E-state index contributed by atoms with van der Waals surface area (Å²) in [6, 6.07) is 7.68. The summed E-state index contributed by atoms with van der Waals surface area (Å²) < 4.78 is 5.57. The van der Waals surface area contributed by atoms with Crippen molar-refractivity contribution in [1.82, 2.24) is 4.90 Å². The van der Waals surface area contributed by atoms with Gasteiger partial charge in [0.2, 0.25) is 0 Å². The highest BCUT2D eigenvalue weighted by Crippen LogP contribution is 2.14. The zero-order chi connectivity index (χ0) is 12.8. The first kappa shape index (κ1) is 13.3. The summed E-state index contributed by atoms with van der Waals surface area (Å²) in [5.74, 6) is 0.685. The van der Waals surface area contributed by atoms with Crippen LogP contribution in [0, 0.1) is 6.92 Å². The third-order valence-electron chi connectivity index (χ3n) is 2.24. The third kappa shape index (κ3) is 4.72. The Morgan fingerprint density at radius 1 is 1.41 bits per heavy atom. The van der Waals surface area contributed by atoms with E-state index < -0.39 is 6.10 Å². The van der Waals surface area contributed by atoms with Crippen molar-refractivity contribution in [1.29, 1.82) is 0 Å². The number of carbonyl (C=O) groups excluding carboxylic acids is 1. The number of hydrogen-bond acceptors (Lipinski definition) is 3. The van der Waals surface area contributed by atoms with Gasteiger partial charge < -0.3 is 9.64 Å². The molecule has 92 valence electrons. The van der Waals surface area contributed by atoms with Gasteiger partial charge in [0.05, 0.1) is 0 Å². The van der Waals surface area contributed by atoms with Crippen molar-refractivity contribution in [3.63, 3.8) is 0 Å². The van der Waals surface area contributed by atoms with Gasteiger partial charge in [0.1, 0.15) is 5.75 Å². The minimum Gasteiger partial charge on any atom is -0.483 e. The molecule has 0 heterocycles. The molecule has 0 amide bonds. The molecule has 0 aliphatic heterocycles. The highest BCUT2D eigenvalue weighted by Gasteiger charge is 2.11. The van der Waals surface area contributed by atoms with E-state index in [2.05, 4.69) is 0 Å². The molecule has 1 aromatic carbocycles. The summed E-state index contributed by atoms with van der Waals surface area (Å²) in [5, 5.41) is 0. The van der Waals surface area contributed by atoms with E-state index in [0.717, 1.165) is 11.3 Å². The highest BCUT2D eigenvalue weighted by molar-refractivity contribution is 5.93. The van der Waals surface area contributed by atoms with Gasteiger partial charge in [-0.1, -0.05) is 12.1 Å². The first-order chi connectivity index (χ1) is 7.99. The van der Waals surface area contributed by atoms with Gasteiger partial charge in [0, 0.05) is 26.4 Å². The molecule has 0 aliphatic rings. The van der Waals surface area contributed by atoms with Crippen molar-refractivity contribution >= 4 is 5.78 Å². The molecule has 17 heavy (non-hydrogen) atoms. The molecule has 0 spiro atoms. The monoisotopic (exact) mass is 233 g/mol. The standard InChI is InChI=1S/C14H19NO2/c1-11-6-5-7-13(10-11)17-12(2)14(16)8-9-15(3)4/h5-10,12H,1-4H3/b9-8+/t12-/m0/s1. The van der Waals surface area contributed by atoms with Crippen LogP contribution in [-0.4, -0.2) is 30.9 Å². The lowest BCUT2D eigenvalue weighted by molar-refractivity contribution is -0.120. The van der Waals surface area contributed by atoms with Crippen LogP contribution in [0.2, 0.25) is 0 Å². The maximum atomic E-state index is 11.7. The molecule has 1 rings (SSSR count). The average Bonchev–Trinajstić information content (AvgIpc) is 2.25. The molecular formula is C14H19NO2. The van der Waals surface area contributed by atoms with Crippen molar-refractivity contribution in [2.75, 3.05) is 14.1 Å². The maximum Gasteiger partial charge on any atom is 0.197 e. The second-order valence-electron chi connectivity index (χ2n) is 4.26. The number of benzene rings is 1. The molecule has 0 saturated carbocycles. The molecule has 0 unspecified atom stereocenters. The highest BCUT2D eigenvalue weighted by atomic mass is 16.5. The van der Waals surface area contributed by atoms with Gasteiger partial charge in [0.25, 0.3) is 0 Å². The van der Waals surface area contributed by atoms with Crippen molar-refractivity contribution in [3.8, 4) is 5.75 Å². The molecule has 3 heteroatoms. The largest absolute Gasteiger partial charge is 0.483 e. The smallest absolute Gasteiger partial charge is 0.197 e. The number of carbonyl (C=O) groups is 1. The van der Waals surface area contributed by atoms with Crippen molar-refractivity contribution < 1.29 is 9.53 Å². The summed E-state index contributed by atoms with van der Waals surface area (Å²) >= 11 is 0. The Morgan fingerprint density at radius 2 is 2.12 bits per heavy atom. The number of rotatable bonds is 5. The summed E-state index contributed by atoms with van der Waals surface area (Å²) in [6.45, 7) is 3.75. The van der Waals surface area contributed by atoms with Crippen LogP contribution >= 0.6 is 0 Å². The maximum absolute atomic E-state index is 11.7. The molecule has 3 nitrogen and oxygen atoms in total. The van der Waals surface area contributed by atoms with Crippen molar-refractivity contribution in [2.24, 2.45) is 0 Å². The second kappa shape index (κ2) is 6.09. The quantitative estimate of drug-likeness (QED) is 0.731. The van der Waals surface area contributed by atoms with Gasteiger partial charge in [-0.3, -0.25) is 4.79 Å². The van der Waals surface area contributed by atoms with Crippen molar-refractivity contribution in [2.45, 2.75) is 20.0 Å². The second-order valence-corrected chi connectivity index (χ2v) is 4.26. The van der Waals surface area contributed by atoms with Gasteiger partial charge in [-0.25, -0.2) is 0 Å². The fourth-order valence-electron chi connectivity index (χ4n) is 1.31. The van der Waals surface area contributed by atoms with E-state index in [0.29, 0.717) is 0 Å². The van der Waals surface area contributed by atoms with E-state index >= 15 is 0 Å². The third-order valence-corrected chi connectivity index (χ3v) is 2.24. The Morgan fingerprint density at radius 3 is 2.71 bits per heavy atom. The fraction of sp³-hybridized carbons (Fsp3) is 0.357. The van der Waals surface area contributed by atoms with E-state index in [1.54, 1.807) is 13.1 Å². The van der Waals surface area contributed by atoms with Gasteiger partial charge >= 0.3 is 0 Å². The molecule has 0 bridgehead atoms. The molecule has 0 radical (unpaired) electrons. The first-order valence-electron chi connectivity index (χ1n) is 5.61. The van der Waals surface area contributed by atoms with E-state index in [-0.39, 0.29) is 5.78 Å². The molecule has 0 aliphatic carbocycles. The fourth-order valence-corrected chi connectivity index (χ4v) is 1.31. The Balaban J connectivity index is 2.60. The zero-order valence-electron chi connectivity index (χ0n) is 10.8. The van der Waals surface area contributed by atoms with Gasteiger partial charge in [-0.05, 0) is 31.5 Å². The van der Waals surface area contributed by atoms with Crippen LogP contribution < -0.4 is 4.74 Å². The zero-order valence-corrected chi connectivity index (χ0v) is 10.8. The summed E-state index contributed by atoms with van der Waals surface area (Å²) in [4.78, 5) is 13.5. The van der Waals surface area contributed by atoms with Crippen LogP contribution in [0.4, 0.5) is 0 Å². The lowest BCUT2D eigenvalue weighted by atomic mass is 10.2. The Labute approximate surface area is 103 Å². The van der Waals surface area contributed by atoms with Crippen LogP contribution in [0.25, 0.3) is 0 Å². The van der Waals surface area contributed by atoms with Gasteiger partial charge in [0.15, 0.2) is 11.9 Å². The Kier molecular flexibility index (Phi) is 4.76. The Bertz CT molecular complexity index is 410. The van der Waals surface area contributed by atoms with Crippen LogP contribution in [-0.2, 0) is 4.79 Å². The summed E-state index contributed by atoms with van der Waals surface area (Å²) in [7, 11) is 3.74. The molecular weight excluding hydrogens is 214 g/mol. The van der Waals surface area contributed by atoms with Crippen LogP contribution in [0.15, 0.2) is 36.5 Å². The Hall–Kier alpha value is -1.77. The molecule has 1 atom stereocenters. The summed E-state index contributed by atoms with van der Waals surface area (Å²) in [5.41, 5.74) is 1.12. The minimum atomic E-state index is -0.465. The SMILES string of the molecule is Cc1cccc(O[C@@H](C)C(=O)/C=C/N(C)C)c1. The van der Waals surface area contributed by atoms with E-state index in [9.17, 15) is 4.79 Å². The number of hydrogen-bond donors (Lipinski definition) is 0. The molecule has 1 aromatic rings. The predicted octanol–water partition coefficient (Wildman–Crippen LogP) is 2.41. The van der Waals surface area contributed by atoms with Crippen LogP contribution in [0.5, 0.6) is 5.75 Å². The van der Waals surface area contributed by atoms with Crippen LogP contribution in [0.3, 0.4) is 0 Å². The molecule has 0 fully saturated rings. The number of aryl methyl sites for hydroxylation is 1. The number of ether oxygens (including phenoxy) is 1. The van der Waals surface area contributed by atoms with Crippen molar-refractivity contribution in [3.05, 3.63) is 42.1 Å². The lowest BCUT2D eigenvalue weighted by Crippen LogP contribution is -2.22. The number of ketones is 1. The van der Waals surface area contributed by atoms with E-state index in [1.165, 1.54) is 6.08 Å². The molecule has 0 N–H and O–H groups in total. The predicted molar refractivity (Wildman–Crippen MR) is 69.1 cm³/mol. The molecule has 0 saturated heterocycles. The van der Waals surface area contributed by atoms with E-state index in [4.69, 9.17) is 4.74 Å². The number of nitrogens with zero attached hydrogens (tertiary/aromatic N) is 1. The minimum absolute atomic E-state index is 0.0415. The van der Waals surface area contributed by atoms with Gasteiger partial charge in [-0.15, -0.1) is 0 Å². The average molecular weight is 233 g/mol.